The van der Waals surface area contributed by atoms with Gasteiger partial charge in [-0.25, -0.2) is 4.98 Å². The number of nitrogens with zero attached hydrogens (tertiary/aromatic N) is 1. The zero-order chi connectivity index (χ0) is 19.8. The summed E-state index contributed by atoms with van der Waals surface area (Å²) in [5.74, 6) is 2.54. The molecular formula is C20H26N2O4S2. The van der Waals surface area contributed by atoms with Crippen LogP contribution in [0.25, 0.3) is 0 Å². The smallest absolute Gasteiger partial charge is 0.230 e. The number of thiazole rings is 1. The fourth-order valence-electron chi connectivity index (χ4n) is 2.87. The molecule has 0 saturated carbocycles. The van der Waals surface area contributed by atoms with Gasteiger partial charge in [-0.05, 0) is 37.5 Å². The first kappa shape index (κ1) is 21.0. The van der Waals surface area contributed by atoms with E-state index in [1.165, 1.54) is 0 Å². The minimum Gasteiger partial charge on any atom is -0.493 e. The average molecular weight is 423 g/mol. The maximum absolute atomic E-state index is 12.1. The van der Waals surface area contributed by atoms with Crippen LogP contribution in [0.4, 0.5) is 0 Å². The van der Waals surface area contributed by atoms with E-state index in [1.807, 2.05) is 30.5 Å². The summed E-state index contributed by atoms with van der Waals surface area (Å²) in [4.78, 5) is 16.5. The van der Waals surface area contributed by atoms with Gasteiger partial charge in [0.1, 0.15) is 6.61 Å². The average Bonchev–Trinajstić information content (AvgIpc) is 3.36. The van der Waals surface area contributed by atoms with Gasteiger partial charge in [0.25, 0.3) is 0 Å². The summed E-state index contributed by atoms with van der Waals surface area (Å²) in [6.45, 7) is 3.78. The van der Waals surface area contributed by atoms with Gasteiger partial charge < -0.3 is 19.5 Å². The van der Waals surface area contributed by atoms with Crippen molar-refractivity contribution in [1.82, 2.24) is 10.3 Å². The van der Waals surface area contributed by atoms with Gasteiger partial charge >= 0.3 is 0 Å². The molecule has 0 spiro atoms. The molecule has 2 heterocycles. The number of hydrogen-bond donors (Lipinski definition) is 1. The van der Waals surface area contributed by atoms with Gasteiger partial charge in [-0.2, -0.15) is 0 Å². The van der Waals surface area contributed by atoms with E-state index in [1.54, 1.807) is 30.2 Å². The minimum absolute atomic E-state index is 0.00891. The van der Waals surface area contributed by atoms with E-state index >= 15 is 0 Å². The Hall–Kier alpha value is -1.77. The molecular weight excluding hydrogens is 396 g/mol. The van der Waals surface area contributed by atoms with Crippen LogP contribution in [-0.2, 0) is 21.8 Å². The Morgan fingerprint density at radius 2 is 2.32 bits per heavy atom. The van der Waals surface area contributed by atoms with E-state index in [9.17, 15) is 4.79 Å². The summed E-state index contributed by atoms with van der Waals surface area (Å²) < 4.78 is 16.9. The minimum atomic E-state index is 0.00891. The van der Waals surface area contributed by atoms with Gasteiger partial charge in [0.05, 0.1) is 29.7 Å². The van der Waals surface area contributed by atoms with Crippen LogP contribution in [-0.4, -0.2) is 43.1 Å². The number of nitrogens with one attached hydrogen (secondary N) is 1. The largest absolute Gasteiger partial charge is 0.493 e. The predicted octanol–water partition coefficient (Wildman–Crippen LogP) is 3.57. The van der Waals surface area contributed by atoms with Crippen LogP contribution >= 0.6 is 23.1 Å². The molecule has 1 fully saturated rings. The van der Waals surface area contributed by atoms with Gasteiger partial charge in [-0.15, -0.1) is 23.1 Å². The molecule has 8 heteroatoms. The topological polar surface area (TPSA) is 69.7 Å². The first-order valence-electron chi connectivity index (χ1n) is 9.31. The first-order chi connectivity index (χ1) is 13.6. The van der Waals surface area contributed by atoms with Crippen molar-refractivity contribution in [1.29, 1.82) is 0 Å². The molecule has 1 aromatic heterocycles. The van der Waals surface area contributed by atoms with Crippen molar-refractivity contribution in [3.63, 3.8) is 0 Å². The van der Waals surface area contributed by atoms with Crippen molar-refractivity contribution in [3.05, 3.63) is 39.8 Å². The third kappa shape index (κ3) is 6.39. The predicted molar refractivity (Wildman–Crippen MR) is 112 cm³/mol. The van der Waals surface area contributed by atoms with Crippen LogP contribution in [0.15, 0.2) is 23.6 Å². The standard InChI is InChI=1S/C20H26N2O4S2/c1-14-22-16(12-28-14)11-27-13-20(23)21-9-15-5-6-18(19(8-15)24-2)26-10-17-4-3-7-25-17/h5-6,8,12,17H,3-4,7,9-11,13H2,1-2H3,(H,21,23)/t17-/m1/s1. The van der Waals surface area contributed by atoms with Crippen LogP contribution in [0.5, 0.6) is 11.5 Å². The monoisotopic (exact) mass is 422 g/mol. The van der Waals surface area contributed by atoms with Crippen molar-refractivity contribution < 1.29 is 19.0 Å². The zero-order valence-electron chi connectivity index (χ0n) is 16.2. The van der Waals surface area contributed by atoms with E-state index in [4.69, 9.17) is 14.2 Å². The number of amides is 1. The molecule has 1 amide bonds. The summed E-state index contributed by atoms with van der Waals surface area (Å²) in [5.41, 5.74) is 2.00. The molecule has 2 aromatic rings. The van der Waals surface area contributed by atoms with E-state index in [2.05, 4.69) is 10.3 Å². The number of carbonyl (C=O) groups is 1. The molecule has 0 bridgehead atoms. The molecule has 6 nitrogen and oxygen atoms in total. The Morgan fingerprint density at radius 3 is 3.04 bits per heavy atom. The molecule has 1 atom stereocenters. The van der Waals surface area contributed by atoms with Crippen LogP contribution in [0.3, 0.4) is 0 Å². The highest BCUT2D eigenvalue weighted by atomic mass is 32.2. The van der Waals surface area contributed by atoms with E-state index < -0.39 is 0 Å². The molecule has 1 N–H and O–H groups in total. The molecule has 1 saturated heterocycles. The van der Waals surface area contributed by atoms with Crippen molar-refractivity contribution in [3.8, 4) is 11.5 Å². The molecule has 28 heavy (non-hydrogen) atoms. The lowest BCUT2D eigenvalue weighted by atomic mass is 10.2. The van der Waals surface area contributed by atoms with Crippen LogP contribution in [0.1, 0.15) is 29.1 Å². The second-order valence-corrected chi connectivity index (χ2v) is 8.61. The Bertz CT molecular complexity index is 775. The Labute approximate surface area is 174 Å². The molecule has 152 valence electrons. The summed E-state index contributed by atoms with van der Waals surface area (Å²) in [6, 6.07) is 5.73. The number of methoxy groups -OCH3 is 1. The normalized spacial score (nSPS) is 16.1. The highest BCUT2D eigenvalue weighted by Gasteiger charge is 2.17. The molecule has 1 aliphatic heterocycles. The zero-order valence-corrected chi connectivity index (χ0v) is 17.9. The van der Waals surface area contributed by atoms with Gasteiger partial charge in [0.15, 0.2) is 11.5 Å². The number of rotatable bonds is 10. The summed E-state index contributed by atoms with van der Waals surface area (Å²) in [5, 5.41) is 6.03. The summed E-state index contributed by atoms with van der Waals surface area (Å²) in [6.07, 6.45) is 2.28. The van der Waals surface area contributed by atoms with Crippen LogP contribution in [0.2, 0.25) is 0 Å². The maximum Gasteiger partial charge on any atom is 0.230 e. The lowest BCUT2D eigenvalue weighted by molar-refractivity contribution is -0.118. The molecule has 0 aliphatic carbocycles. The molecule has 0 unspecified atom stereocenters. The fraction of sp³-hybridized carbons (Fsp3) is 0.500. The fourth-order valence-corrected chi connectivity index (χ4v) is 4.34. The number of carbonyl (C=O) groups excluding carboxylic acids is 1. The number of benzene rings is 1. The van der Waals surface area contributed by atoms with Gasteiger partial charge in [0.2, 0.25) is 5.91 Å². The molecule has 1 aromatic carbocycles. The number of thioether (sulfide) groups is 1. The number of hydrogen-bond acceptors (Lipinski definition) is 7. The second kappa shape index (κ2) is 10.7. The Morgan fingerprint density at radius 1 is 1.43 bits per heavy atom. The van der Waals surface area contributed by atoms with Crippen molar-refractivity contribution in [2.75, 3.05) is 26.1 Å². The van der Waals surface area contributed by atoms with Gasteiger partial charge in [-0.3, -0.25) is 4.79 Å². The summed E-state index contributed by atoms with van der Waals surface area (Å²) >= 11 is 3.20. The number of ether oxygens (including phenoxy) is 3. The SMILES string of the molecule is COc1cc(CNC(=O)CSCc2csc(C)n2)ccc1OC[C@H]1CCCO1. The lowest BCUT2D eigenvalue weighted by Crippen LogP contribution is -2.24. The maximum atomic E-state index is 12.1. The first-order valence-corrected chi connectivity index (χ1v) is 11.3. The third-order valence-corrected chi connectivity index (χ3v) is 6.10. The molecule has 3 rings (SSSR count). The third-order valence-electron chi connectivity index (χ3n) is 4.32. The molecule has 1 aliphatic rings. The highest BCUT2D eigenvalue weighted by molar-refractivity contribution is 7.99. The lowest BCUT2D eigenvalue weighted by Gasteiger charge is -2.15. The number of aryl methyl sites for hydroxylation is 1. The Kier molecular flexibility index (Phi) is 8.00. The Balaban J connectivity index is 1.42. The van der Waals surface area contributed by atoms with Crippen molar-refractivity contribution in [2.24, 2.45) is 0 Å². The summed E-state index contributed by atoms with van der Waals surface area (Å²) in [7, 11) is 1.62. The molecule has 0 radical (unpaired) electrons. The van der Waals surface area contributed by atoms with Crippen LogP contribution < -0.4 is 14.8 Å². The number of aromatic nitrogens is 1. The van der Waals surface area contributed by atoms with Gasteiger partial charge in [-0.1, -0.05) is 6.07 Å². The van der Waals surface area contributed by atoms with E-state index in [-0.39, 0.29) is 12.0 Å². The van der Waals surface area contributed by atoms with Crippen molar-refractivity contribution in [2.45, 2.75) is 38.2 Å². The van der Waals surface area contributed by atoms with Gasteiger partial charge in [0, 0.05) is 24.3 Å². The van der Waals surface area contributed by atoms with Crippen molar-refractivity contribution >= 4 is 29.0 Å². The van der Waals surface area contributed by atoms with E-state index in [0.717, 1.165) is 41.5 Å². The second-order valence-electron chi connectivity index (χ2n) is 6.56. The highest BCUT2D eigenvalue weighted by Crippen LogP contribution is 2.29. The van der Waals surface area contributed by atoms with Crippen LogP contribution in [0, 0.1) is 6.92 Å². The quantitative estimate of drug-likeness (QED) is 0.631. The van der Waals surface area contributed by atoms with E-state index in [0.29, 0.717) is 30.4 Å².